The van der Waals surface area contributed by atoms with Crippen LogP contribution in [-0.4, -0.2) is 38.8 Å². The van der Waals surface area contributed by atoms with Gasteiger partial charge in [-0.05, 0) is 72.2 Å². The SMILES string of the molecule is S=C1N[C@H](c2ccccn2)[C@H](c2cccn2-c2ccc3ccccc3c2)N1C[C@H]1CCCO1. The number of pyridine rings is 1. The number of hydrogen-bond acceptors (Lipinski definition) is 3. The molecule has 0 saturated carbocycles. The topological polar surface area (TPSA) is 42.3 Å². The number of thiocarbonyl (C=S) groups is 1. The van der Waals surface area contributed by atoms with E-state index in [0.717, 1.165) is 42.5 Å². The van der Waals surface area contributed by atoms with E-state index in [1.165, 1.54) is 16.5 Å². The zero-order valence-corrected chi connectivity index (χ0v) is 19.1. The molecule has 2 aromatic carbocycles. The molecule has 6 rings (SSSR count). The lowest BCUT2D eigenvalue weighted by Crippen LogP contribution is -2.36. The molecule has 0 bridgehead atoms. The summed E-state index contributed by atoms with van der Waals surface area (Å²) in [4.78, 5) is 6.98. The second-order valence-electron chi connectivity index (χ2n) is 8.75. The molecule has 166 valence electrons. The Balaban J connectivity index is 1.44. The molecule has 2 aliphatic heterocycles. The van der Waals surface area contributed by atoms with Crippen LogP contribution in [0.15, 0.2) is 85.2 Å². The van der Waals surface area contributed by atoms with Gasteiger partial charge in [-0.2, -0.15) is 0 Å². The standard InChI is InChI=1S/C27H26N4OS/c33-27-29-25(23-10-3-4-14-28-23)26(31(27)18-22-9-6-16-32-22)24-11-5-15-30(24)21-13-12-19-7-1-2-8-20(19)17-21/h1-5,7-8,10-15,17,22,25-26H,6,9,16,18H2,(H,29,33)/t22-,25-,26+/m1/s1. The van der Waals surface area contributed by atoms with E-state index in [9.17, 15) is 0 Å². The van der Waals surface area contributed by atoms with Gasteiger partial charge >= 0.3 is 0 Å². The van der Waals surface area contributed by atoms with Crippen LogP contribution in [0.3, 0.4) is 0 Å². The predicted molar refractivity (Wildman–Crippen MR) is 134 cm³/mol. The smallest absolute Gasteiger partial charge is 0.170 e. The Morgan fingerprint density at radius 3 is 2.70 bits per heavy atom. The highest BCUT2D eigenvalue weighted by atomic mass is 32.1. The van der Waals surface area contributed by atoms with Crippen LogP contribution >= 0.6 is 12.2 Å². The van der Waals surface area contributed by atoms with E-state index < -0.39 is 0 Å². The number of aromatic nitrogens is 2. The van der Waals surface area contributed by atoms with Gasteiger partial charge in [0.2, 0.25) is 0 Å². The molecule has 0 unspecified atom stereocenters. The fourth-order valence-corrected chi connectivity index (χ4v) is 5.44. The highest BCUT2D eigenvalue weighted by molar-refractivity contribution is 7.80. The summed E-state index contributed by atoms with van der Waals surface area (Å²) in [7, 11) is 0. The van der Waals surface area contributed by atoms with Gasteiger partial charge < -0.3 is 19.5 Å². The van der Waals surface area contributed by atoms with Crippen molar-refractivity contribution in [3.63, 3.8) is 0 Å². The molecule has 0 radical (unpaired) electrons. The van der Waals surface area contributed by atoms with Gasteiger partial charge in [0.25, 0.3) is 0 Å². The Kier molecular flexibility index (Phi) is 5.32. The molecule has 2 aliphatic rings. The number of ether oxygens (including phenoxy) is 1. The second-order valence-corrected chi connectivity index (χ2v) is 9.14. The highest BCUT2D eigenvalue weighted by Gasteiger charge is 2.42. The molecule has 5 nitrogen and oxygen atoms in total. The minimum Gasteiger partial charge on any atom is -0.376 e. The van der Waals surface area contributed by atoms with Crippen LogP contribution in [0.2, 0.25) is 0 Å². The molecule has 6 heteroatoms. The van der Waals surface area contributed by atoms with Crippen molar-refractivity contribution in [2.75, 3.05) is 13.2 Å². The molecule has 4 aromatic rings. The van der Waals surface area contributed by atoms with Crippen molar-refractivity contribution < 1.29 is 4.74 Å². The maximum absolute atomic E-state index is 5.98. The fraction of sp³-hybridized carbons (Fsp3) is 0.259. The third kappa shape index (κ3) is 3.79. The lowest BCUT2D eigenvalue weighted by atomic mass is 10.0. The first-order valence-corrected chi connectivity index (χ1v) is 11.9. The molecule has 1 N–H and O–H groups in total. The third-order valence-electron chi connectivity index (χ3n) is 6.72. The molecule has 0 aliphatic carbocycles. The maximum Gasteiger partial charge on any atom is 0.170 e. The van der Waals surface area contributed by atoms with Crippen LogP contribution in [0.25, 0.3) is 16.5 Å². The van der Waals surface area contributed by atoms with Crippen molar-refractivity contribution in [1.82, 2.24) is 19.8 Å². The zero-order valence-electron chi connectivity index (χ0n) is 18.3. The van der Waals surface area contributed by atoms with Crippen LogP contribution < -0.4 is 5.32 Å². The number of hydrogen-bond donors (Lipinski definition) is 1. The van der Waals surface area contributed by atoms with Crippen LogP contribution in [-0.2, 0) is 4.74 Å². The van der Waals surface area contributed by atoms with E-state index in [2.05, 4.69) is 86.6 Å². The van der Waals surface area contributed by atoms with E-state index >= 15 is 0 Å². The van der Waals surface area contributed by atoms with Gasteiger partial charge in [0, 0.05) is 36.9 Å². The number of rotatable bonds is 5. The number of nitrogens with zero attached hydrogens (tertiary/aromatic N) is 3. The van der Waals surface area contributed by atoms with E-state index in [-0.39, 0.29) is 18.2 Å². The van der Waals surface area contributed by atoms with E-state index in [4.69, 9.17) is 17.0 Å². The van der Waals surface area contributed by atoms with E-state index in [1.807, 2.05) is 18.3 Å². The Labute approximate surface area is 199 Å². The molecule has 2 fully saturated rings. The maximum atomic E-state index is 5.98. The lowest BCUT2D eigenvalue weighted by Gasteiger charge is -2.30. The molecular formula is C27H26N4OS. The Morgan fingerprint density at radius 2 is 1.88 bits per heavy atom. The molecule has 4 heterocycles. The van der Waals surface area contributed by atoms with Gasteiger partial charge in [0.1, 0.15) is 0 Å². The first kappa shape index (κ1) is 20.4. The number of fused-ring (bicyclic) bond motifs is 1. The largest absolute Gasteiger partial charge is 0.376 e. The van der Waals surface area contributed by atoms with Crippen molar-refractivity contribution in [1.29, 1.82) is 0 Å². The van der Waals surface area contributed by atoms with Crippen LogP contribution in [0, 0.1) is 0 Å². The first-order valence-electron chi connectivity index (χ1n) is 11.5. The van der Waals surface area contributed by atoms with Gasteiger partial charge in [-0.25, -0.2) is 0 Å². The van der Waals surface area contributed by atoms with Crippen molar-refractivity contribution in [2.45, 2.75) is 31.0 Å². The predicted octanol–water partition coefficient (Wildman–Crippen LogP) is 5.18. The summed E-state index contributed by atoms with van der Waals surface area (Å²) in [6.45, 7) is 1.61. The Hall–Kier alpha value is -3.22. The molecule has 2 saturated heterocycles. The van der Waals surface area contributed by atoms with Gasteiger partial charge in [-0.1, -0.05) is 36.4 Å². The summed E-state index contributed by atoms with van der Waals surface area (Å²) in [5.74, 6) is 0. The summed E-state index contributed by atoms with van der Waals surface area (Å²) in [5, 5.41) is 6.80. The molecular weight excluding hydrogens is 428 g/mol. The molecule has 0 amide bonds. The Morgan fingerprint density at radius 1 is 1.00 bits per heavy atom. The molecule has 0 spiro atoms. The summed E-state index contributed by atoms with van der Waals surface area (Å²) in [6, 6.07) is 25.5. The van der Waals surface area contributed by atoms with Crippen molar-refractivity contribution in [3.8, 4) is 5.69 Å². The van der Waals surface area contributed by atoms with Gasteiger partial charge in [0.15, 0.2) is 5.11 Å². The Bertz CT molecular complexity index is 1280. The normalized spacial score (nSPS) is 22.7. The summed E-state index contributed by atoms with van der Waals surface area (Å²) in [6.07, 6.45) is 6.38. The minimum absolute atomic E-state index is 0.0121. The van der Waals surface area contributed by atoms with Crippen LogP contribution in [0.5, 0.6) is 0 Å². The van der Waals surface area contributed by atoms with Crippen LogP contribution in [0.4, 0.5) is 0 Å². The van der Waals surface area contributed by atoms with Gasteiger partial charge in [-0.3, -0.25) is 4.98 Å². The van der Waals surface area contributed by atoms with Crippen molar-refractivity contribution in [3.05, 3.63) is 96.6 Å². The highest BCUT2D eigenvalue weighted by Crippen LogP contribution is 2.40. The van der Waals surface area contributed by atoms with E-state index in [1.54, 1.807) is 0 Å². The number of benzene rings is 2. The average molecular weight is 455 g/mol. The fourth-order valence-electron chi connectivity index (χ4n) is 5.13. The second kappa shape index (κ2) is 8.61. The minimum atomic E-state index is -0.0331. The summed E-state index contributed by atoms with van der Waals surface area (Å²) in [5.41, 5.74) is 3.32. The third-order valence-corrected chi connectivity index (χ3v) is 7.07. The van der Waals surface area contributed by atoms with Gasteiger partial charge in [-0.15, -0.1) is 0 Å². The first-order chi connectivity index (χ1) is 16.3. The quantitative estimate of drug-likeness (QED) is 0.421. The van der Waals surface area contributed by atoms with E-state index in [0.29, 0.717) is 0 Å². The van der Waals surface area contributed by atoms with Gasteiger partial charge in [0.05, 0.1) is 23.9 Å². The molecule has 33 heavy (non-hydrogen) atoms. The zero-order chi connectivity index (χ0) is 22.2. The van der Waals surface area contributed by atoms with Crippen molar-refractivity contribution >= 4 is 28.1 Å². The van der Waals surface area contributed by atoms with Crippen molar-refractivity contribution in [2.24, 2.45) is 0 Å². The van der Waals surface area contributed by atoms with Crippen LogP contribution in [0.1, 0.15) is 36.3 Å². The average Bonchev–Trinajstić information content (AvgIpc) is 3.61. The number of nitrogens with one attached hydrogen (secondary N) is 1. The summed E-state index contributed by atoms with van der Waals surface area (Å²) < 4.78 is 8.26. The molecule has 3 atom stereocenters. The lowest BCUT2D eigenvalue weighted by molar-refractivity contribution is 0.0836. The monoisotopic (exact) mass is 454 g/mol. The molecule has 2 aromatic heterocycles. The summed E-state index contributed by atoms with van der Waals surface area (Å²) >= 11 is 5.85.